The summed E-state index contributed by atoms with van der Waals surface area (Å²) in [7, 11) is 0. The summed E-state index contributed by atoms with van der Waals surface area (Å²) in [5.74, 6) is -0.163. The number of carbonyl (C=O) groups excluding carboxylic acids is 1. The van der Waals surface area contributed by atoms with E-state index in [1.54, 1.807) is 6.07 Å². The Hall–Kier alpha value is -2.17. The summed E-state index contributed by atoms with van der Waals surface area (Å²) < 4.78 is 0. The van der Waals surface area contributed by atoms with Crippen LogP contribution in [0.25, 0.3) is 11.3 Å². The molecule has 1 aromatic heterocycles. The molecule has 0 aliphatic carbocycles. The molecular weight excluding hydrogens is 316 g/mol. The van der Waals surface area contributed by atoms with Gasteiger partial charge in [-0.2, -0.15) is 0 Å². The molecule has 0 aliphatic heterocycles. The zero-order valence-corrected chi connectivity index (χ0v) is 13.4. The number of thiazole rings is 1. The SMILES string of the molecule is Cc1cccc(C(=O)Nc2nc(-c3ccccc3Cl)cs2)c1. The molecule has 1 N–H and O–H groups in total. The lowest BCUT2D eigenvalue weighted by Gasteiger charge is -2.03. The van der Waals surface area contributed by atoms with E-state index in [9.17, 15) is 4.79 Å². The van der Waals surface area contributed by atoms with Gasteiger partial charge in [0.25, 0.3) is 5.91 Å². The van der Waals surface area contributed by atoms with E-state index in [4.69, 9.17) is 11.6 Å². The van der Waals surface area contributed by atoms with Crippen LogP contribution in [0.5, 0.6) is 0 Å². The van der Waals surface area contributed by atoms with E-state index in [1.807, 2.05) is 54.8 Å². The van der Waals surface area contributed by atoms with Crippen LogP contribution in [0.4, 0.5) is 5.13 Å². The second kappa shape index (κ2) is 6.30. The third-order valence-electron chi connectivity index (χ3n) is 3.15. The van der Waals surface area contributed by atoms with E-state index >= 15 is 0 Å². The van der Waals surface area contributed by atoms with Crippen LogP contribution in [-0.2, 0) is 0 Å². The van der Waals surface area contributed by atoms with Crippen LogP contribution in [0, 0.1) is 6.92 Å². The van der Waals surface area contributed by atoms with Crippen LogP contribution in [-0.4, -0.2) is 10.9 Å². The maximum atomic E-state index is 12.2. The van der Waals surface area contributed by atoms with Crippen molar-refractivity contribution in [3.05, 3.63) is 70.1 Å². The van der Waals surface area contributed by atoms with E-state index < -0.39 is 0 Å². The number of rotatable bonds is 3. The van der Waals surface area contributed by atoms with Gasteiger partial charge in [0.1, 0.15) is 0 Å². The van der Waals surface area contributed by atoms with E-state index in [-0.39, 0.29) is 5.91 Å². The Morgan fingerprint density at radius 3 is 2.77 bits per heavy atom. The van der Waals surface area contributed by atoms with E-state index in [1.165, 1.54) is 11.3 Å². The molecule has 0 bridgehead atoms. The van der Waals surface area contributed by atoms with Crippen LogP contribution >= 0.6 is 22.9 Å². The number of hydrogen-bond acceptors (Lipinski definition) is 3. The highest BCUT2D eigenvalue weighted by atomic mass is 35.5. The van der Waals surface area contributed by atoms with Gasteiger partial charge in [-0.05, 0) is 25.1 Å². The lowest BCUT2D eigenvalue weighted by Crippen LogP contribution is -2.11. The number of nitrogens with one attached hydrogen (secondary N) is 1. The summed E-state index contributed by atoms with van der Waals surface area (Å²) in [4.78, 5) is 16.6. The van der Waals surface area contributed by atoms with Crippen LogP contribution in [0.15, 0.2) is 53.9 Å². The summed E-state index contributed by atoms with van der Waals surface area (Å²) in [6.07, 6.45) is 0. The van der Waals surface area contributed by atoms with Gasteiger partial charge in [-0.3, -0.25) is 10.1 Å². The number of aryl methyl sites for hydroxylation is 1. The van der Waals surface area contributed by atoms with Gasteiger partial charge in [0.05, 0.1) is 5.69 Å². The molecule has 5 heteroatoms. The van der Waals surface area contributed by atoms with Crippen LogP contribution in [0.1, 0.15) is 15.9 Å². The Balaban J connectivity index is 1.80. The number of carbonyl (C=O) groups is 1. The Morgan fingerprint density at radius 2 is 2.00 bits per heavy atom. The van der Waals surface area contributed by atoms with E-state index in [0.717, 1.165) is 16.8 Å². The zero-order valence-electron chi connectivity index (χ0n) is 11.8. The molecule has 1 amide bonds. The smallest absolute Gasteiger partial charge is 0.257 e. The van der Waals surface area contributed by atoms with Crippen molar-refractivity contribution in [2.24, 2.45) is 0 Å². The van der Waals surface area contributed by atoms with Crippen molar-refractivity contribution in [3.63, 3.8) is 0 Å². The Kier molecular flexibility index (Phi) is 4.22. The summed E-state index contributed by atoms with van der Waals surface area (Å²) in [5.41, 5.74) is 3.28. The quantitative estimate of drug-likeness (QED) is 0.733. The zero-order chi connectivity index (χ0) is 15.5. The minimum atomic E-state index is -0.163. The van der Waals surface area contributed by atoms with Gasteiger partial charge < -0.3 is 0 Å². The number of anilines is 1. The maximum absolute atomic E-state index is 12.2. The largest absolute Gasteiger partial charge is 0.298 e. The van der Waals surface area contributed by atoms with Crippen molar-refractivity contribution in [1.29, 1.82) is 0 Å². The minimum absolute atomic E-state index is 0.163. The normalized spacial score (nSPS) is 10.5. The average Bonchev–Trinajstić information content (AvgIpc) is 2.96. The van der Waals surface area contributed by atoms with Gasteiger partial charge in [-0.1, -0.05) is 47.5 Å². The number of aromatic nitrogens is 1. The first kappa shape index (κ1) is 14.8. The summed E-state index contributed by atoms with van der Waals surface area (Å²) in [6, 6.07) is 15.0. The third kappa shape index (κ3) is 3.18. The van der Waals surface area contributed by atoms with E-state index in [0.29, 0.717) is 15.7 Å². The molecule has 3 rings (SSSR count). The van der Waals surface area contributed by atoms with Gasteiger partial charge in [-0.25, -0.2) is 4.98 Å². The molecule has 110 valence electrons. The molecule has 3 nitrogen and oxygen atoms in total. The fourth-order valence-corrected chi connectivity index (χ4v) is 3.02. The number of benzene rings is 2. The molecular formula is C17H13ClN2OS. The third-order valence-corrected chi connectivity index (χ3v) is 4.24. The van der Waals surface area contributed by atoms with Gasteiger partial charge in [-0.15, -0.1) is 11.3 Å². The molecule has 0 aliphatic rings. The summed E-state index contributed by atoms with van der Waals surface area (Å²) in [5, 5.41) is 5.90. The van der Waals surface area contributed by atoms with Crippen LogP contribution < -0.4 is 5.32 Å². The molecule has 0 saturated carbocycles. The summed E-state index contributed by atoms with van der Waals surface area (Å²) in [6.45, 7) is 1.95. The number of hydrogen-bond donors (Lipinski definition) is 1. The minimum Gasteiger partial charge on any atom is -0.298 e. The Morgan fingerprint density at radius 1 is 1.18 bits per heavy atom. The molecule has 0 spiro atoms. The number of amides is 1. The van der Waals surface area contributed by atoms with Crippen molar-refractivity contribution in [1.82, 2.24) is 4.98 Å². The molecule has 0 saturated heterocycles. The molecule has 1 heterocycles. The maximum Gasteiger partial charge on any atom is 0.257 e. The van der Waals surface area contributed by atoms with Gasteiger partial charge in [0.2, 0.25) is 0 Å². The molecule has 0 unspecified atom stereocenters. The topological polar surface area (TPSA) is 42.0 Å². The molecule has 22 heavy (non-hydrogen) atoms. The predicted octanol–water partition coefficient (Wildman–Crippen LogP) is 5.02. The van der Waals surface area contributed by atoms with Crippen LogP contribution in [0.3, 0.4) is 0 Å². The molecule has 2 aromatic carbocycles. The molecule has 3 aromatic rings. The van der Waals surface area contributed by atoms with Gasteiger partial charge in [0, 0.05) is 21.5 Å². The van der Waals surface area contributed by atoms with Crippen molar-refractivity contribution in [2.75, 3.05) is 5.32 Å². The van der Waals surface area contributed by atoms with Gasteiger partial charge in [0.15, 0.2) is 5.13 Å². The van der Waals surface area contributed by atoms with Gasteiger partial charge >= 0.3 is 0 Å². The number of halogens is 1. The Bertz CT molecular complexity index is 829. The highest BCUT2D eigenvalue weighted by Crippen LogP contribution is 2.30. The molecule has 0 fully saturated rings. The fraction of sp³-hybridized carbons (Fsp3) is 0.0588. The second-order valence-corrected chi connectivity index (χ2v) is 6.11. The first-order valence-electron chi connectivity index (χ1n) is 6.72. The van der Waals surface area contributed by atoms with Crippen molar-refractivity contribution in [2.45, 2.75) is 6.92 Å². The molecule has 0 radical (unpaired) electrons. The van der Waals surface area contributed by atoms with Crippen molar-refractivity contribution < 1.29 is 4.79 Å². The van der Waals surface area contributed by atoms with Crippen molar-refractivity contribution in [3.8, 4) is 11.3 Å². The van der Waals surface area contributed by atoms with E-state index in [2.05, 4.69) is 10.3 Å². The first-order valence-corrected chi connectivity index (χ1v) is 7.98. The highest BCUT2D eigenvalue weighted by molar-refractivity contribution is 7.14. The average molecular weight is 329 g/mol. The fourth-order valence-electron chi connectivity index (χ4n) is 2.08. The lowest BCUT2D eigenvalue weighted by molar-refractivity contribution is 0.102. The van der Waals surface area contributed by atoms with Crippen molar-refractivity contribution >= 4 is 34.0 Å². The van der Waals surface area contributed by atoms with Crippen LogP contribution in [0.2, 0.25) is 5.02 Å². The standard InChI is InChI=1S/C17H13ClN2OS/c1-11-5-4-6-12(9-11)16(21)20-17-19-15(10-22-17)13-7-2-3-8-14(13)18/h2-10H,1H3,(H,19,20,21). The number of nitrogens with zero attached hydrogens (tertiary/aromatic N) is 1. The first-order chi connectivity index (χ1) is 10.6. The summed E-state index contributed by atoms with van der Waals surface area (Å²) >= 11 is 7.54. The predicted molar refractivity (Wildman–Crippen MR) is 91.7 cm³/mol. The lowest BCUT2D eigenvalue weighted by atomic mass is 10.1. The molecule has 0 atom stereocenters. The Labute approximate surface area is 137 Å². The monoisotopic (exact) mass is 328 g/mol. The second-order valence-electron chi connectivity index (χ2n) is 4.84. The highest BCUT2D eigenvalue weighted by Gasteiger charge is 2.11.